The summed E-state index contributed by atoms with van der Waals surface area (Å²) in [6.07, 6.45) is 1.80. The number of halogens is 1. The van der Waals surface area contributed by atoms with E-state index in [1.807, 2.05) is 0 Å². The molecule has 0 aromatic heterocycles. The van der Waals surface area contributed by atoms with E-state index in [4.69, 9.17) is 4.74 Å². The molecule has 0 saturated carbocycles. The summed E-state index contributed by atoms with van der Waals surface area (Å²) in [5.41, 5.74) is 1.36. The first-order valence-electron chi connectivity index (χ1n) is 7.69. The van der Waals surface area contributed by atoms with E-state index in [1.165, 1.54) is 5.56 Å². The first-order chi connectivity index (χ1) is 9.54. The smallest absolute Gasteiger partial charge is 0.0600 e. The third-order valence-corrected chi connectivity index (χ3v) is 5.08. The number of hydrogen-bond acceptors (Lipinski definition) is 2. The number of hydrogen-bond donors (Lipinski definition) is 1. The van der Waals surface area contributed by atoms with Crippen LogP contribution in [0.1, 0.15) is 45.7 Å². The lowest BCUT2D eigenvalue weighted by atomic mass is 9.80. The van der Waals surface area contributed by atoms with Gasteiger partial charge < -0.3 is 10.1 Å². The zero-order chi connectivity index (χ0) is 14.7. The van der Waals surface area contributed by atoms with E-state index in [0.717, 1.165) is 17.4 Å². The van der Waals surface area contributed by atoms with Crippen LogP contribution >= 0.6 is 15.9 Å². The van der Waals surface area contributed by atoms with Crippen LogP contribution in [0.3, 0.4) is 0 Å². The summed E-state index contributed by atoms with van der Waals surface area (Å²) in [7, 11) is 0. The normalized spacial score (nSPS) is 31.4. The second-order valence-electron chi connectivity index (χ2n) is 5.97. The molecule has 5 atom stereocenters. The summed E-state index contributed by atoms with van der Waals surface area (Å²) >= 11 is 3.52. The van der Waals surface area contributed by atoms with Gasteiger partial charge in [-0.3, -0.25) is 0 Å². The molecule has 5 unspecified atom stereocenters. The van der Waals surface area contributed by atoms with Crippen molar-refractivity contribution >= 4 is 15.9 Å². The number of rotatable bonds is 5. The summed E-state index contributed by atoms with van der Waals surface area (Å²) in [6, 6.07) is 9.08. The van der Waals surface area contributed by atoms with Gasteiger partial charge in [0.15, 0.2) is 0 Å². The molecule has 20 heavy (non-hydrogen) atoms. The molecule has 0 aliphatic carbocycles. The summed E-state index contributed by atoms with van der Waals surface area (Å²) in [5.74, 6) is 1.10. The number of ether oxygens (including phenoxy) is 1. The highest BCUT2D eigenvalue weighted by Crippen LogP contribution is 2.40. The van der Waals surface area contributed by atoms with Crippen LogP contribution in [0.2, 0.25) is 0 Å². The molecule has 1 aromatic carbocycles. The van der Waals surface area contributed by atoms with Crippen molar-refractivity contribution in [1.82, 2.24) is 5.32 Å². The highest BCUT2D eigenvalue weighted by molar-refractivity contribution is 9.10. The van der Waals surface area contributed by atoms with Crippen molar-refractivity contribution in [2.45, 2.75) is 52.4 Å². The Labute approximate surface area is 131 Å². The second-order valence-corrected chi connectivity index (χ2v) is 6.88. The second kappa shape index (κ2) is 7.06. The van der Waals surface area contributed by atoms with Crippen molar-refractivity contribution in [2.75, 3.05) is 6.54 Å². The Kier molecular flexibility index (Phi) is 5.65. The standard InChI is InChI=1S/C17H26BrNO/c1-5-10-19-17(14-6-8-15(18)9-7-14)16-11(2)12(3)20-13(16)4/h6-9,11-13,16-17,19H,5,10H2,1-4H3. The van der Waals surface area contributed by atoms with Gasteiger partial charge in [-0.25, -0.2) is 0 Å². The fourth-order valence-electron chi connectivity index (χ4n) is 3.31. The first-order valence-corrected chi connectivity index (χ1v) is 8.48. The van der Waals surface area contributed by atoms with Crippen LogP contribution in [0.25, 0.3) is 0 Å². The molecule has 1 heterocycles. The van der Waals surface area contributed by atoms with Crippen molar-refractivity contribution in [3.05, 3.63) is 34.3 Å². The average Bonchev–Trinajstić information content (AvgIpc) is 2.67. The maximum atomic E-state index is 6.04. The Balaban J connectivity index is 2.25. The lowest BCUT2D eigenvalue weighted by Crippen LogP contribution is -2.35. The van der Waals surface area contributed by atoms with Crippen molar-refractivity contribution in [3.8, 4) is 0 Å². The lowest BCUT2D eigenvalue weighted by molar-refractivity contribution is 0.0475. The summed E-state index contributed by atoms with van der Waals surface area (Å²) in [4.78, 5) is 0. The molecule has 2 nitrogen and oxygen atoms in total. The highest BCUT2D eigenvalue weighted by Gasteiger charge is 2.41. The number of nitrogens with one attached hydrogen (secondary N) is 1. The molecule has 2 rings (SSSR count). The summed E-state index contributed by atoms with van der Waals surface area (Å²) in [5, 5.41) is 3.73. The molecule has 0 amide bonds. The van der Waals surface area contributed by atoms with E-state index in [2.05, 4.69) is 73.2 Å². The molecule has 3 heteroatoms. The molecular formula is C17H26BrNO. The topological polar surface area (TPSA) is 21.3 Å². The van der Waals surface area contributed by atoms with Gasteiger partial charge in [0.2, 0.25) is 0 Å². The molecule has 0 bridgehead atoms. The van der Waals surface area contributed by atoms with Crippen LogP contribution in [0, 0.1) is 11.8 Å². The summed E-state index contributed by atoms with van der Waals surface area (Å²) in [6.45, 7) is 9.99. The molecule has 1 saturated heterocycles. The molecule has 112 valence electrons. The maximum absolute atomic E-state index is 6.04. The first kappa shape index (κ1) is 16.0. The minimum atomic E-state index is 0.304. The largest absolute Gasteiger partial charge is 0.375 e. The van der Waals surface area contributed by atoms with E-state index in [9.17, 15) is 0 Å². The van der Waals surface area contributed by atoms with Crippen LogP contribution < -0.4 is 5.32 Å². The van der Waals surface area contributed by atoms with Crippen molar-refractivity contribution < 1.29 is 4.74 Å². The van der Waals surface area contributed by atoms with Crippen LogP contribution in [-0.4, -0.2) is 18.8 Å². The van der Waals surface area contributed by atoms with Gasteiger partial charge in [0, 0.05) is 16.4 Å². The molecule has 1 aliphatic rings. The fourth-order valence-corrected chi connectivity index (χ4v) is 3.58. The van der Waals surface area contributed by atoms with E-state index in [0.29, 0.717) is 30.1 Å². The fraction of sp³-hybridized carbons (Fsp3) is 0.647. The quantitative estimate of drug-likeness (QED) is 0.849. The van der Waals surface area contributed by atoms with Crippen LogP contribution in [0.15, 0.2) is 28.7 Å². The minimum absolute atomic E-state index is 0.304. The van der Waals surface area contributed by atoms with Crippen LogP contribution in [0.5, 0.6) is 0 Å². The van der Waals surface area contributed by atoms with Gasteiger partial charge in [-0.1, -0.05) is 41.9 Å². The Morgan fingerprint density at radius 3 is 2.30 bits per heavy atom. The van der Waals surface area contributed by atoms with Gasteiger partial charge in [-0.05, 0) is 50.4 Å². The molecule has 1 aromatic rings. The average molecular weight is 340 g/mol. The number of benzene rings is 1. The molecular weight excluding hydrogens is 314 g/mol. The van der Waals surface area contributed by atoms with Crippen molar-refractivity contribution in [2.24, 2.45) is 11.8 Å². The van der Waals surface area contributed by atoms with Crippen LogP contribution in [0.4, 0.5) is 0 Å². The van der Waals surface area contributed by atoms with Gasteiger partial charge in [-0.15, -0.1) is 0 Å². The molecule has 1 fully saturated rings. The molecule has 0 spiro atoms. The Morgan fingerprint density at radius 2 is 1.80 bits per heavy atom. The summed E-state index contributed by atoms with van der Waals surface area (Å²) < 4.78 is 7.17. The SMILES string of the molecule is CCCNC(c1ccc(Br)cc1)C1C(C)OC(C)C1C. The minimum Gasteiger partial charge on any atom is -0.375 e. The van der Waals surface area contributed by atoms with E-state index < -0.39 is 0 Å². The van der Waals surface area contributed by atoms with E-state index in [-0.39, 0.29) is 0 Å². The predicted octanol–water partition coefficient (Wildman–Crippen LogP) is 4.55. The van der Waals surface area contributed by atoms with Crippen LogP contribution in [-0.2, 0) is 4.74 Å². The Hall–Kier alpha value is -0.380. The van der Waals surface area contributed by atoms with Gasteiger partial charge in [-0.2, -0.15) is 0 Å². The zero-order valence-corrected chi connectivity index (χ0v) is 14.5. The molecule has 1 aliphatic heterocycles. The van der Waals surface area contributed by atoms with Crippen molar-refractivity contribution in [3.63, 3.8) is 0 Å². The monoisotopic (exact) mass is 339 g/mol. The van der Waals surface area contributed by atoms with Crippen molar-refractivity contribution in [1.29, 1.82) is 0 Å². The van der Waals surface area contributed by atoms with E-state index >= 15 is 0 Å². The van der Waals surface area contributed by atoms with Gasteiger partial charge >= 0.3 is 0 Å². The molecule has 0 radical (unpaired) electrons. The third-order valence-electron chi connectivity index (χ3n) is 4.55. The van der Waals surface area contributed by atoms with Gasteiger partial charge in [0.1, 0.15) is 0 Å². The van der Waals surface area contributed by atoms with Gasteiger partial charge in [0.05, 0.1) is 12.2 Å². The Bertz CT molecular complexity index is 420. The van der Waals surface area contributed by atoms with E-state index in [1.54, 1.807) is 0 Å². The van der Waals surface area contributed by atoms with Gasteiger partial charge in [0.25, 0.3) is 0 Å². The Morgan fingerprint density at radius 1 is 1.15 bits per heavy atom. The highest BCUT2D eigenvalue weighted by atomic mass is 79.9. The third kappa shape index (κ3) is 3.44. The maximum Gasteiger partial charge on any atom is 0.0600 e. The predicted molar refractivity (Wildman–Crippen MR) is 87.8 cm³/mol. The zero-order valence-electron chi connectivity index (χ0n) is 12.9. The lowest BCUT2D eigenvalue weighted by Gasteiger charge is -2.30. The molecule has 1 N–H and O–H groups in total.